The Labute approximate surface area is 128 Å². The molecule has 0 fully saturated rings. The van der Waals surface area contributed by atoms with Crippen molar-refractivity contribution in [3.8, 4) is 0 Å². The summed E-state index contributed by atoms with van der Waals surface area (Å²) in [6.07, 6.45) is 2.42. The second-order valence-corrected chi connectivity index (χ2v) is 12.0. The van der Waals surface area contributed by atoms with Crippen LogP contribution in [0.4, 0.5) is 0 Å². The normalized spacial score (nSPS) is 14.2. The van der Waals surface area contributed by atoms with Crippen molar-refractivity contribution in [1.82, 2.24) is 0 Å². The van der Waals surface area contributed by atoms with Gasteiger partial charge in [-0.05, 0) is 46.7 Å². The Hall–Kier alpha value is -0.569. The first-order chi connectivity index (χ1) is 9.39. The summed E-state index contributed by atoms with van der Waals surface area (Å²) >= 11 is 0. The summed E-state index contributed by atoms with van der Waals surface area (Å²) in [5.74, 6) is 0. The van der Waals surface area contributed by atoms with Crippen molar-refractivity contribution in [2.45, 2.75) is 46.7 Å². The van der Waals surface area contributed by atoms with Crippen LogP contribution in [0.25, 0.3) is 0 Å². The molecule has 0 amide bonds. The van der Waals surface area contributed by atoms with Crippen LogP contribution in [-0.4, -0.2) is 40.7 Å². The molecule has 0 heterocycles. The summed E-state index contributed by atoms with van der Waals surface area (Å²) in [5.41, 5.74) is 7.03. The summed E-state index contributed by atoms with van der Waals surface area (Å²) in [5, 5.41) is 0. The van der Waals surface area contributed by atoms with Crippen LogP contribution < -0.4 is 0 Å². The van der Waals surface area contributed by atoms with Crippen LogP contribution in [0.5, 0.6) is 0 Å². The maximum atomic E-state index is 10.1. The minimum atomic E-state index is -2.09. The maximum Gasteiger partial charge on any atom is 0.314 e. The Kier molecular flexibility index (Phi) is 10.8. The zero-order valence-electron chi connectivity index (χ0n) is 13.4. The van der Waals surface area contributed by atoms with E-state index in [4.69, 9.17) is 8.23 Å². The molecule has 0 bridgehead atoms. The van der Waals surface area contributed by atoms with Crippen molar-refractivity contribution in [3.05, 3.63) is 22.5 Å². The minimum Gasteiger partial charge on any atom is -0.438 e. The first-order valence-electron chi connectivity index (χ1n) is 6.98. The van der Waals surface area contributed by atoms with Crippen molar-refractivity contribution in [1.29, 1.82) is 0 Å². The molecule has 0 unspecified atom stereocenters. The average molecular weight is 330 g/mol. The second kappa shape index (κ2) is 11.1. The Bertz CT molecular complexity index is 360. The first kappa shape index (κ1) is 19.4. The third-order valence-electron chi connectivity index (χ3n) is 2.73. The molecule has 0 aromatic heterocycles. The van der Waals surface area contributed by atoms with Gasteiger partial charge in [-0.1, -0.05) is 22.5 Å². The molecule has 20 heavy (non-hydrogen) atoms. The molecule has 4 nitrogen and oxygen atoms in total. The van der Waals surface area contributed by atoms with E-state index in [-0.39, 0.29) is 0 Å². The standard InChI is InChI=1S/C13H27NO3Si3/c1-12(2)9-18-16-20(5,8-6-7-14-11-15)17-19-10-13(3)4/h9-10H,6-8,18-19H2,1-5H3. The zero-order chi connectivity index (χ0) is 15.4. The van der Waals surface area contributed by atoms with Gasteiger partial charge in [0.1, 0.15) is 0 Å². The lowest BCUT2D eigenvalue weighted by Gasteiger charge is -2.27. The second-order valence-electron chi connectivity index (χ2n) is 5.40. The fraction of sp³-hybridized carbons (Fsp3) is 0.615. The number of carbonyl (C=O) groups excluding carboxylic acids is 1. The summed E-state index contributed by atoms with van der Waals surface area (Å²) in [4.78, 5) is 13.7. The molecule has 0 aromatic rings. The van der Waals surface area contributed by atoms with Gasteiger partial charge >= 0.3 is 8.56 Å². The van der Waals surface area contributed by atoms with Gasteiger partial charge in [-0.2, -0.15) is 0 Å². The zero-order valence-corrected chi connectivity index (χ0v) is 17.2. The summed E-state index contributed by atoms with van der Waals surface area (Å²) in [7, 11) is -3.41. The van der Waals surface area contributed by atoms with Gasteiger partial charge in [-0.3, -0.25) is 0 Å². The van der Waals surface area contributed by atoms with Gasteiger partial charge in [-0.15, -0.1) is 0 Å². The van der Waals surface area contributed by atoms with Gasteiger partial charge in [0.05, 0.1) is 6.54 Å². The highest BCUT2D eigenvalue weighted by Crippen LogP contribution is 2.15. The summed E-state index contributed by atoms with van der Waals surface area (Å²) in [6, 6.07) is 0.894. The Morgan fingerprint density at radius 3 is 2.05 bits per heavy atom. The van der Waals surface area contributed by atoms with Crippen LogP contribution >= 0.6 is 0 Å². The molecule has 0 saturated carbocycles. The van der Waals surface area contributed by atoms with Gasteiger partial charge in [0.25, 0.3) is 0 Å². The van der Waals surface area contributed by atoms with Gasteiger partial charge < -0.3 is 8.23 Å². The molecule has 0 aliphatic carbocycles. The molecule has 0 N–H and O–H groups in total. The largest absolute Gasteiger partial charge is 0.438 e. The van der Waals surface area contributed by atoms with Crippen LogP contribution in [0.3, 0.4) is 0 Å². The third-order valence-corrected chi connectivity index (χ3v) is 12.2. The van der Waals surface area contributed by atoms with Crippen molar-refractivity contribution < 1.29 is 13.0 Å². The summed E-state index contributed by atoms with van der Waals surface area (Å²) in [6.45, 7) is 11.0. The number of hydrogen-bond acceptors (Lipinski definition) is 4. The van der Waals surface area contributed by atoms with E-state index in [1.807, 2.05) is 0 Å². The number of hydrogen-bond donors (Lipinski definition) is 0. The first-order valence-corrected chi connectivity index (χ1v) is 12.3. The van der Waals surface area contributed by atoms with E-state index in [0.29, 0.717) is 6.54 Å². The number of isocyanates is 1. The molecule has 0 spiro atoms. The highest BCUT2D eigenvalue weighted by Gasteiger charge is 2.29. The van der Waals surface area contributed by atoms with E-state index in [1.54, 1.807) is 6.08 Å². The van der Waals surface area contributed by atoms with Gasteiger partial charge in [0.2, 0.25) is 6.08 Å². The van der Waals surface area contributed by atoms with Crippen LogP contribution in [0, 0.1) is 0 Å². The van der Waals surface area contributed by atoms with E-state index in [1.165, 1.54) is 11.1 Å². The minimum absolute atomic E-state index is 0.521. The van der Waals surface area contributed by atoms with E-state index >= 15 is 0 Å². The lowest BCUT2D eigenvalue weighted by atomic mass is 10.4. The highest BCUT2D eigenvalue weighted by atomic mass is 28.4. The van der Waals surface area contributed by atoms with Crippen molar-refractivity contribution in [3.63, 3.8) is 0 Å². The van der Waals surface area contributed by atoms with Crippen LogP contribution in [-0.2, 0) is 13.0 Å². The van der Waals surface area contributed by atoms with Gasteiger partial charge in [-0.25, -0.2) is 9.79 Å². The van der Waals surface area contributed by atoms with E-state index in [0.717, 1.165) is 12.5 Å². The van der Waals surface area contributed by atoms with Gasteiger partial charge in [0, 0.05) is 0 Å². The Morgan fingerprint density at radius 2 is 1.65 bits per heavy atom. The summed E-state index contributed by atoms with van der Waals surface area (Å²) < 4.78 is 12.3. The van der Waals surface area contributed by atoms with Crippen molar-refractivity contribution in [2.75, 3.05) is 6.54 Å². The molecule has 0 aromatic carbocycles. The fourth-order valence-corrected chi connectivity index (χ4v) is 8.67. The number of allylic oxidation sites excluding steroid dienone is 2. The molecule has 114 valence electrons. The molecule has 0 atom stereocenters. The van der Waals surface area contributed by atoms with Crippen molar-refractivity contribution in [2.24, 2.45) is 4.99 Å². The Morgan fingerprint density at radius 1 is 1.15 bits per heavy atom. The van der Waals surface area contributed by atoms with Crippen LogP contribution in [0.1, 0.15) is 34.1 Å². The van der Waals surface area contributed by atoms with Crippen LogP contribution in [0.15, 0.2) is 27.5 Å². The molecular weight excluding hydrogens is 302 g/mol. The molecule has 7 heteroatoms. The molecule has 0 aliphatic heterocycles. The van der Waals surface area contributed by atoms with Crippen molar-refractivity contribution >= 4 is 34.2 Å². The topological polar surface area (TPSA) is 47.9 Å². The quantitative estimate of drug-likeness (QED) is 0.266. The third kappa shape index (κ3) is 11.3. The smallest absolute Gasteiger partial charge is 0.314 e. The lowest BCUT2D eigenvalue weighted by molar-refractivity contribution is 0.419. The molecule has 0 aliphatic rings. The molecule has 0 rings (SSSR count). The molecule has 0 radical (unpaired) electrons. The SMILES string of the molecule is CC(C)=C[SiH2]O[Si](C)(CCCN=C=O)O[SiH2]C=C(C)C. The predicted molar refractivity (Wildman–Crippen MR) is 92.2 cm³/mol. The number of aliphatic imine (C=N–C) groups is 1. The van der Waals surface area contributed by atoms with Crippen LogP contribution in [0.2, 0.25) is 12.6 Å². The Balaban J connectivity index is 4.43. The number of rotatable bonds is 10. The van der Waals surface area contributed by atoms with E-state index in [2.05, 4.69) is 50.6 Å². The predicted octanol–water partition coefficient (Wildman–Crippen LogP) is 1.83. The maximum absolute atomic E-state index is 10.1. The monoisotopic (exact) mass is 329 g/mol. The van der Waals surface area contributed by atoms with Gasteiger partial charge in [0.15, 0.2) is 19.5 Å². The van der Waals surface area contributed by atoms with E-state index < -0.39 is 28.1 Å². The fourth-order valence-electron chi connectivity index (χ4n) is 1.48. The average Bonchev–Trinajstić information content (AvgIpc) is 2.34. The lowest BCUT2D eigenvalue weighted by Crippen LogP contribution is -2.40. The molecular formula is C13H27NO3Si3. The number of nitrogens with zero attached hydrogens (tertiary/aromatic N) is 1. The van der Waals surface area contributed by atoms with E-state index in [9.17, 15) is 4.79 Å². The molecule has 0 saturated heterocycles. The highest BCUT2D eigenvalue weighted by molar-refractivity contribution is 6.75.